The van der Waals surface area contributed by atoms with Crippen LogP contribution in [-0.2, 0) is 9.59 Å². The predicted octanol–water partition coefficient (Wildman–Crippen LogP) is 1.03. The number of carbonyl (C=O) groups excluding carboxylic acids is 2. The number of rotatable bonds is 5. The van der Waals surface area contributed by atoms with Crippen molar-refractivity contribution in [3.8, 4) is 0 Å². The molecule has 0 aromatic carbocycles. The Morgan fingerprint density at radius 3 is 2.61 bits per heavy atom. The first-order valence-corrected chi connectivity index (χ1v) is 7.95. The zero-order valence-corrected chi connectivity index (χ0v) is 13.6. The van der Waals surface area contributed by atoms with Gasteiger partial charge in [-0.05, 0) is 42.9 Å². The Bertz CT molecular complexity index is 692. The van der Waals surface area contributed by atoms with Crippen LogP contribution < -0.4 is 5.73 Å². The van der Waals surface area contributed by atoms with E-state index in [0.29, 0.717) is 22.4 Å². The van der Waals surface area contributed by atoms with Crippen LogP contribution in [0.1, 0.15) is 41.9 Å². The van der Waals surface area contributed by atoms with Crippen LogP contribution in [0.2, 0.25) is 0 Å². The second-order valence-corrected chi connectivity index (χ2v) is 6.48. The number of nitrogens with two attached hydrogens (primary N) is 1. The fraction of sp³-hybridized carbons (Fsp3) is 0.400. The fourth-order valence-corrected chi connectivity index (χ4v) is 3.46. The van der Waals surface area contributed by atoms with Crippen molar-refractivity contribution in [2.45, 2.75) is 38.8 Å². The van der Waals surface area contributed by atoms with E-state index in [-0.39, 0.29) is 18.2 Å². The molecule has 4 N–H and O–H groups in total. The second kappa shape index (κ2) is 6.51. The van der Waals surface area contributed by atoms with E-state index >= 15 is 0 Å². The van der Waals surface area contributed by atoms with Crippen LogP contribution >= 0.6 is 11.3 Å². The van der Waals surface area contributed by atoms with Crippen LogP contribution in [0.3, 0.4) is 0 Å². The first-order valence-electron chi connectivity index (χ1n) is 7.07. The molecule has 2 rings (SSSR count). The number of carboxylic acids is 1. The maximum absolute atomic E-state index is 12.3. The summed E-state index contributed by atoms with van der Waals surface area (Å²) in [6.45, 7) is 3.22. The molecule has 2 atom stereocenters. The Morgan fingerprint density at radius 1 is 1.48 bits per heavy atom. The van der Waals surface area contributed by atoms with E-state index in [4.69, 9.17) is 5.73 Å². The number of aliphatic carboxylic acids is 1. The lowest BCUT2D eigenvalue weighted by atomic mass is 10.0. The van der Waals surface area contributed by atoms with Crippen LogP contribution in [0.25, 0.3) is 5.57 Å². The van der Waals surface area contributed by atoms with Crippen LogP contribution in [0, 0.1) is 0 Å². The summed E-state index contributed by atoms with van der Waals surface area (Å²) >= 11 is 1.13. The highest BCUT2D eigenvalue weighted by Gasteiger charge is 2.38. The highest BCUT2D eigenvalue weighted by atomic mass is 32.1. The van der Waals surface area contributed by atoms with Gasteiger partial charge in [-0.2, -0.15) is 0 Å². The molecule has 8 heteroatoms. The Labute approximate surface area is 137 Å². The number of hydrogen-bond donors (Lipinski definition) is 3. The fourth-order valence-electron chi connectivity index (χ4n) is 2.68. The van der Waals surface area contributed by atoms with Gasteiger partial charge >= 0.3 is 5.97 Å². The molecule has 1 aliphatic heterocycles. The summed E-state index contributed by atoms with van der Waals surface area (Å²) in [7, 11) is 0. The third kappa shape index (κ3) is 3.43. The zero-order chi connectivity index (χ0) is 17.3. The maximum atomic E-state index is 12.3. The SMILES string of the molecule is C[C@@H](O)CC(=O)N1C(C(=O)O)=C(c2csc(C(N)=O)c2)C[C@@H]1C. The molecular weight excluding hydrogens is 320 g/mol. The van der Waals surface area contributed by atoms with Crippen molar-refractivity contribution in [2.24, 2.45) is 5.73 Å². The molecule has 1 aromatic heterocycles. The molecule has 2 amide bonds. The third-order valence-corrected chi connectivity index (χ3v) is 4.54. The van der Waals surface area contributed by atoms with Crippen LogP contribution in [0.4, 0.5) is 0 Å². The molecule has 7 nitrogen and oxygen atoms in total. The lowest BCUT2D eigenvalue weighted by Crippen LogP contribution is -2.37. The molecule has 1 aliphatic rings. The van der Waals surface area contributed by atoms with Gasteiger partial charge < -0.3 is 20.8 Å². The van der Waals surface area contributed by atoms with Gasteiger partial charge in [-0.1, -0.05) is 0 Å². The number of primary amides is 1. The van der Waals surface area contributed by atoms with E-state index in [2.05, 4.69) is 0 Å². The lowest BCUT2D eigenvalue weighted by Gasteiger charge is -2.23. The highest BCUT2D eigenvalue weighted by molar-refractivity contribution is 7.12. The third-order valence-electron chi connectivity index (χ3n) is 3.60. The molecule has 124 valence electrons. The summed E-state index contributed by atoms with van der Waals surface area (Å²) < 4.78 is 0. The Kier molecular flexibility index (Phi) is 4.86. The van der Waals surface area contributed by atoms with Gasteiger partial charge in [-0.25, -0.2) is 4.79 Å². The Morgan fingerprint density at radius 2 is 2.13 bits per heavy atom. The molecule has 0 bridgehead atoms. The molecule has 0 fully saturated rings. The van der Waals surface area contributed by atoms with Crippen molar-refractivity contribution < 1.29 is 24.6 Å². The van der Waals surface area contributed by atoms with Gasteiger partial charge in [0.15, 0.2) is 0 Å². The first kappa shape index (κ1) is 17.2. The number of hydrogen-bond acceptors (Lipinski definition) is 5. The van der Waals surface area contributed by atoms with Crippen LogP contribution in [0.15, 0.2) is 17.1 Å². The van der Waals surface area contributed by atoms with Crippen molar-refractivity contribution in [1.29, 1.82) is 0 Å². The quantitative estimate of drug-likeness (QED) is 0.740. The molecule has 0 saturated heterocycles. The molecule has 1 aromatic rings. The number of amides is 2. The smallest absolute Gasteiger partial charge is 0.352 e. The summed E-state index contributed by atoms with van der Waals surface area (Å²) in [6.07, 6.45) is -0.636. The molecule has 0 radical (unpaired) electrons. The van der Waals surface area contributed by atoms with Gasteiger partial charge in [-0.15, -0.1) is 11.3 Å². The second-order valence-electron chi connectivity index (χ2n) is 5.57. The van der Waals surface area contributed by atoms with Gasteiger partial charge in [0, 0.05) is 6.04 Å². The highest BCUT2D eigenvalue weighted by Crippen LogP contribution is 2.37. The topological polar surface area (TPSA) is 121 Å². The number of carbonyl (C=O) groups is 3. The molecule has 0 saturated carbocycles. The van der Waals surface area contributed by atoms with E-state index in [1.165, 1.54) is 11.8 Å². The Hall–Kier alpha value is -2.19. The van der Waals surface area contributed by atoms with E-state index < -0.39 is 23.9 Å². The summed E-state index contributed by atoms with van der Waals surface area (Å²) in [5, 5.41) is 20.6. The van der Waals surface area contributed by atoms with Crippen molar-refractivity contribution >= 4 is 34.7 Å². The van der Waals surface area contributed by atoms with Crippen molar-refractivity contribution in [1.82, 2.24) is 4.90 Å². The number of aliphatic hydroxyl groups is 1. The van der Waals surface area contributed by atoms with Gasteiger partial charge in [0.1, 0.15) is 5.70 Å². The molecule has 23 heavy (non-hydrogen) atoms. The van der Waals surface area contributed by atoms with E-state index in [1.54, 1.807) is 18.4 Å². The van der Waals surface area contributed by atoms with Gasteiger partial charge in [0.05, 0.1) is 17.4 Å². The van der Waals surface area contributed by atoms with Crippen LogP contribution in [0.5, 0.6) is 0 Å². The molecule has 0 spiro atoms. The minimum absolute atomic E-state index is 0.100. The molecule has 0 aliphatic carbocycles. The molecular formula is C15H18N2O5S. The normalized spacial score (nSPS) is 19.1. The van der Waals surface area contributed by atoms with Crippen molar-refractivity contribution in [3.63, 3.8) is 0 Å². The van der Waals surface area contributed by atoms with Crippen molar-refractivity contribution in [3.05, 3.63) is 27.6 Å². The largest absolute Gasteiger partial charge is 0.477 e. The van der Waals surface area contributed by atoms with Crippen LogP contribution in [-0.4, -0.2) is 45.0 Å². The minimum Gasteiger partial charge on any atom is -0.477 e. The molecule has 0 unspecified atom stereocenters. The summed E-state index contributed by atoms with van der Waals surface area (Å²) in [4.78, 5) is 36.7. The summed E-state index contributed by atoms with van der Waals surface area (Å²) in [6, 6.07) is 1.21. The number of aliphatic hydroxyl groups excluding tert-OH is 1. The number of thiophene rings is 1. The number of nitrogens with zero attached hydrogens (tertiary/aromatic N) is 1. The summed E-state index contributed by atoms with van der Waals surface area (Å²) in [5.74, 6) is -2.23. The van der Waals surface area contributed by atoms with Gasteiger partial charge in [0.2, 0.25) is 5.91 Å². The van der Waals surface area contributed by atoms with Crippen molar-refractivity contribution in [2.75, 3.05) is 0 Å². The summed E-state index contributed by atoms with van der Waals surface area (Å²) in [5.41, 5.74) is 6.20. The average molecular weight is 338 g/mol. The Balaban J connectivity index is 2.45. The zero-order valence-electron chi connectivity index (χ0n) is 12.8. The van der Waals surface area contributed by atoms with E-state index in [9.17, 15) is 24.6 Å². The standard InChI is InChI=1S/C15H18N2O5S/c1-7-3-10(9-5-11(14(16)20)23-6-9)13(15(21)22)17(7)12(19)4-8(2)18/h5-8,18H,3-4H2,1-2H3,(H2,16,20)(H,21,22)/t7-,8+/m0/s1. The average Bonchev–Trinajstić information content (AvgIpc) is 3.01. The minimum atomic E-state index is -1.21. The van der Waals surface area contributed by atoms with Gasteiger partial charge in [0.25, 0.3) is 5.91 Å². The predicted molar refractivity (Wildman–Crippen MR) is 84.6 cm³/mol. The number of carboxylic acid groups (broad SMARTS) is 1. The van der Waals surface area contributed by atoms with E-state index in [1.807, 2.05) is 0 Å². The maximum Gasteiger partial charge on any atom is 0.352 e. The van der Waals surface area contributed by atoms with E-state index in [0.717, 1.165) is 11.3 Å². The van der Waals surface area contributed by atoms with Gasteiger partial charge in [-0.3, -0.25) is 9.59 Å². The first-order chi connectivity index (χ1) is 10.7. The molecule has 2 heterocycles. The monoisotopic (exact) mass is 338 g/mol. The lowest BCUT2D eigenvalue weighted by molar-refractivity contribution is -0.141.